The molecule has 0 bridgehead atoms. The first-order chi connectivity index (χ1) is 26.5. The van der Waals surface area contributed by atoms with Gasteiger partial charge in [0.15, 0.2) is 11.9 Å². The number of ether oxygens (including phenoxy) is 2. The number of esters is 2. The number of aliphatic hydroxyl groups excluding tert-OH is 2. The molecular weight excluding hydrogens is 723 g/mol. The molecule has 4 atom stereocenters. The van der Waals surface area contributed by atoms with Gasteiger partial charge in [-0.2, -0.15) is 0 Å². The molecule has 12 heteroatoms. The van der Waals surface area contributed by atoms with Gasteiger partial charge in [0, 0.05) is 19.3 Å². The first-order valence-corrected chi connectivity index (χ1v) is 22.4. The van der Waals surface area contributed by atoms with Gasteiger partial charge in [0.2, 0.25) is 0 Å². The molecule has 0 aliphatic heterocycles. The summed E-state index contributed by atoms with van der Waals surface area (Å²) in [6, 6.07) is 0. The van der Waals surface area contributed by atoms with Gasteiger partial charge < -0.3 is 24.6 Å². The van der Waals surface area contributed by atoms with Gasteiger partial charge in [-0.1, -0.05) is 147 Å². The number of rotatable bonds is 38. The summed E-state index contributed by atoms with van der Waals surface area (Å²) < 4.78 is 32.4. The van der Waals surface area contributed by atoms with Crippen LogP contribution in [-0.2, 0) is 37.5 Å². The lowest BCUT2D eigenvalue weighted by Crippen LogP contribution is -2.30. The van der Waals surface area contributed by atoms with Crippen molar-refractivity contribution in [1.29, 1.82) is 0 Å². The van der Waals surface area contributed by atoms with Crippen molar-refractivity contribution in [3.8, 4) is 0 Å². The van der Waals surface area contributed by atoms with Gasteiger partial charge in [-0.15, -0.1) is 0 Å². The molecule has 0 aromatic rings. The Kier molecular flexibility index (Phi) is 35.6. The average molecular weight is 799 g/mol. The quantitative estimate of drug-likeness (QED) is 0.0136. The predicted octanol–water partition coefficient (Wildman–Crippen LogP) is 9.98. The molecule has 0 radical (unpaired) electrons. The average Bonchev–Trinajstić information content (AvgIpc) is 3.16. The molecule has 0 amide bonds. The molecule has 3 N–H and O–H groups in total. The second-order valence-corrected chi connectivity index (χ2v) is 15.7. The van der Waals surface area contributed by atoms with Crippen molar-refractivity contribution in [2.24, 2.45) is 5.92 Å². The van der Waals surface area contributed by atoms with Crippen LogP contribution < -0.4 is 0 Å². The largest absolute Gasteiger partial charge is 0.472 e. The molecule has 11 nitrogen and oxygen atoms in total. The summed E-state index contributed by atoms with van der Waals surface area (Å²) >= 11 is 0. The fourth-order valence-corrected chi connectivity index (χ4v) is 6.12. The minimum atomic E-state index is -4.68. The van der Waals surface area contributed by atoms with Gasteiger partial charge in [0.05, 0.1) is 19.8 Å². The minimum absolute atomic E-state index is 0.105. The number of carbonyl (C=O) groups is 3. The van der Waals surface area contributed by atoms with Crippen molar-refractivity contribution < 1.29 is 52.6 Å². The van der Waals surface area contributed by atoms with Gasteiger partial charge in [0.1, 0.15) is 12.7 Å². The lowest BCUT2D eigenvalue weighted by molar-refractivity contribution is -0.161. The smallest absolute Gasteiger partial charge is 0.462 e. The van der Waals surface area contributed by atoms with Gasteiger partial charge in [-0.3, -0.25) is 23.4 Å². The molecule has 0 rings (SSSR count). The number of hydrogen-bond acceptors (Lipinski definition) is 10. The van der Waals surface area contributed by atoms with Crippen LogP contribution in [0.1, 0.15) is 162 Å². The molecule has 0 fully saturated rings. The summed E-state index contributed by atoms with van der Waals surface area (Å²) in [5, 5.41) is 18.3. The van der Waals surface area contributed by atoms with Crippen molar-refractivity contribution >= 4 is 25.5 Å². The van der Waals surface area contributed by atoms with E-state index in [1.165, 1.54) is 76.7 Å². The van der Waals surface area contributed by atoms with Gasteiger partial charge in [-0.25, -0.2) is 4.57 Å². The summed E-state index contributed by atoms with van der Waals surface area (Å²) in [7, 11) is -4.68. The normalized spacial score (nSPS) is 14.9. The Balaban J connectivity index is 4.54. The van der Waals surface area contributed by atoms with Crippen LogP contribution in [0.5, 0.6) is 0 Å². The second-order valence-electron chi connectivity index (χ2n) is 14.3. The third kappa shape index (κ3) is 37.0. The van der Waals surface area contributed by atoms with Crippen LogP contribution in [-0.4, -0.2) is 71.5 Å². The van der Waals surface area contributed by atoms with E-state index in [0.717, 1.165) is 44.4 Å². The van der Waals surface area contributed by atoms with Crippen LogP contribution in [0, 0.1) is 5.92 Å². The lowest BCUT2D eigenvalue weighted by atomic mass is 9.99. The molecule has 0 aromatic carbocycles. The predicted molar refractivity (Wildman–Crippen MR) is 219 cm³/mol. The Morgan fingerprint density at radius 1 is 0.673 bits per heavy atom. The molecule has 318 valence electrons. The Labute approximate surface area is 332 Å². The van der Waals surface area contributed by atoms with E-state index in [0.29, 0.717) is 6.42 Å². The topological polar surface area (TPSA) is 166 Å². The Morgan fingerprint density at radius 2 is 1.27 bits per heavy atom. The maximum absolute atomic E-state index is 12.6. The molecule has 0 aliphatic carbocycles. The highest BCUT2D eigenvalue weighted by Crippen LogP contribution is 2.43. The zero-order valence-electron chi connectivity index (χ0n) is 34.3. The highest BCUT2D eigenvalue weighted by Gasteiger charge is 2.27. The van der Waals surface area contributed by atoms with E-state index in [1.807, 2.05) is 6.08 Å². The Bertz CT molecular complexity index is 1130. The number of carbonyl (C=O) groups excluding carboxylic acids is 3. The van der Waals surface area contributed by atoms with E-state index in [9.17, 15) is 28.9 Å². The maximum atomic E-state index is 12.6. The molecule has 0 aromatic heterocycles. The van der Waals surface area contributed by atoms with E-state index in [4.69, 9.17) is 19.1 Å². The van der Waals surface area contributed by atoms with Crippen molar-refractivity contribution in [2.45, 2.75) is 174 Å². The summed E-state index contributed by atoms with van der Waals surface area (Å²) in [4.78, 5) is 47.1. The number of aliphatic hydroxyl groups is 2. The molecule has 2 unspecified atom stereocenters. The van der Waals surface area contributed by atoms with E-state index in [2.05, 4.69) is 49.6 Å². The molecule has 55 heavy (non-hydrogen) atoms. The van der Waals surface area contributed by atoms with Crippen LogP contribution in [0.4, 0.5) is 0 Å². The summed E-state index contributed by atoms with van der Waals surface area (Å²) in [6.45, 7) is 4.39. The van der Waals surface area contributed by atoms with Crippen molar-refractivity contribution in [2.75, 3.05) is 26.4 Å². The number of unbranched alkanes of at least 4 members (excludes halogenated alkanes) is 12. The van der Waals surface area contributed by atoms with E-state index in [-0.39, 0.29) is 31.5 Å². The summed E-state index contributed by atoms with van der Waals surface area (Å²) in [5.74, 6) is -0.505. The fraction of sp³-hybridized carbons (Fsp3) is 0.744. The highest BCUT2D eigenvalue weighted by atomic mass is 31.2. The summed E-state index contributed by atoms with van der Waals surface area (Å²) in [5.41, 5.74) is 0. The number of hydrogen-bond donors (Lipinski definition) is 3. The van der Waals surface area contributed by atoms with Crippen LogP contribution in [0.25, 0.3) is 0 Å². The molecule has 0 saturated carbocycles. The lowest BCUT2D eigenvalue weighted by Gasteiger charge is -2.20. The van der Waals surface area contributed by atoms with E-state index >= 15 is 0 Å². The minimum Gasteiger partial charge on any atom is -0.462 e. The molecular formula is C43H75O11P. The SMILES string of the molecule is CCCCC/C=C\C/C=C\C/C=C\C=C\C(=O)CCCC(=O)O[C@H](COC(=O)CCCCCCCCCCCCC(C)CC)COP(=O)(O)OC[C@@H](O)CO. The van der Waals surface area contributed by atoms with Crippen LogP contribution in [0.3, 0.4) is 0 Å². The number of allylic oxidation sites excluding steroid dienone is 8. The standard InChI is InChI=1S/C43H75O11P/c1-4-6-7-8-9-10-11-12-13-17-20-23-26-30-39(45)31-28-33-43(48)54-41(37-53-55(49,50)52-35-40(46)34-44)36-51-42(47)32-27-24-21-18-15-14-16-19-22-25-29-38(3)5-2/h9-10,12-13,20,23,26,30,38,40-41,44,46H,4-8,11,14-19,21-22,24-25,27-29,31-37H2,1-3H3,(H,49,50)/b10-9-,13-12-,23-20-,30-26+/t38?,40-,41+/m0/s1. The summed E-state index contributed by atoms with van der Waals surface area (Å²) in [6.07, 6.45) is 33.7. The molecule has 0 aliphatic rings. The Morgan fingerprint density at radius 3 is 1.93 bits per heavy atom. The van der Waals surface area contributed by atoms with E-state index in [1.54, 1.807) is 12.2 Å². The zero-order valence-corrected chi connectivity index (χ0v) is 35.2. The third-order valence-electron chi connectivity index (χ3n) is 9.00. The van der Waals surface area contributed by atoms with Gasteiger partial charge >= 0.3 is 19.8 Å². The molecule has 0 spiro atoms. The third-order valence-corrected chi connectivity index (χ3v) is 9.95. The van der Waals surface area contributed by atoms with Crippen LogP contribution in [0.15, 0.2) is 48.6 Å². The van der Waals surface area contributed by atoms with Crippen molar-refractivity contribution in [3.05, 3.63) is 48.6 Å². The van der Waals surface area contributed by atoms with Crippen LogP contribution in [0.2, 0.25) is 0 Å². The van der Waals surface area contributed by atoms with Crippen molar-refractivity contribution in [3.63, 3.8) is 0 Å². The molecule has 0 heterocycles. The highest BCUT2D eigenvalue weighted by molar-refractivity contribution is 7.47. The van der Waals surface area contributed by atoms with E-state index < -0.39 is 58.4 Å². The second kappa shape index (κ2) is 37.2. The number of ketones is 1. The monoisotopic (exact) mass is 799 g/mol. The van der Waals surface area contributed by atoms with Gasteiger partial charge in [-0.05, 0) is 50.5 Å². The first kappa shape index (κ1) is 52.6. The van der Waals surface area contributed by atoms with Crippen LogP contribution >= 0.6 is 7.82 Å². The van der Waals surface area contributed by atoms with Crippen molar-refractivity contribution in [1.82, 2.24) is 0 Å². The first-order valence-electron chi connectivity index (χ1n) is 20.9. The maximum Gasteiger partial charge on any atom is 0.472 e. The number of phosphoric acid groups is 1. The van der Waals surface area contributed by atoms with Gasteiger partial charge in [0.25, 0.3) is 0 Å². The molecule has 0 saturated heterocycles. The zero-order chi connectivity index (χ0) is 40.8. The Hall–Kier alpha value is -2.40. The number of phosphoric ester groups is 1. The fourth-order valence-electron chi connectivity index (χ4n) is 5.33.